The van der Waals surface area contributed by atoms with E-state index in [-0.39, 0.29) is 11.8 Å². The highest BCUT2D eigenvalue weighted by Gasteiger charge is 2.22. The van der Waals surface area contributed by atoms with E-state index < -0.39 is 6.04 Å². The fourth-order valence-electron chi connectivity index (χ4n) is 3.57. The third-order valence-corrected chi connectivity index (χ3v) is 6.58. The smallest absolute Gasteiger partial charge is 0.249 e. The van der Waals surface area contributed by atoms with Gasteiger partial charge in [0.25, 0.3) is 0 Å². The predicted molar refractivity (Wildman–Crippen MR) is 139 cm³/mol. The van der Waals surface area contributed by atoms with E-state index in [0.29, 0.717) is 28.0 Å². The average molecular weight is 499 g/mol. The molecule has 6 nitrogen and oxygen atoms in total. The highest BCUT2D eigenvalue weighted by Crippen LogP contribution is 2.27. The maximum Gasteiger partial charge on any atom is 0.249 e. The van der Waals surface area contributed by atoms with Gasteiger partial charge in [-0.1, -0.05) is 104 Å². The lowest BCUT2D eigenvalue weighted by molar-refractivity contribution is -0.126. The van der Waals surface area contributed by atoms with Crippen molar-refractivity contribution in [3.63, 3.8) is 0 Å². The minimum Gasteiger partial charge on any atom is -0.344 e. The van der Waals surface area contributed by atoms with Gasteiger partial charge in [-0.15, -0.1) is 10.2 Å². The van der Waals surface area contributed by atoms with Crippen molar-refractivity contribution in [1.82, 2.24) is 15.5 Å². The molecule has 1 aromatic heterocycles. The van der Waals surface area contributed by atoms with Crippen LogP contribution in [0.25, 0.3) is 10.6 Å². The van der Waals surface area contributed by atoms with Gasteiger partial charge in [0, 0.05) is 23.4 Å². The Morgan fingerprint density at radius 3 is 2.38 bits per heavy atom. The number of anilines is 1. The van der Waals surface area contributed by atoms with Crippen LogP contribution in [0.3, 0.4) is 0 Å². The van der Waals surface area contributed by atoms with Gasteiger partial charge >= 0.3 is 0 Å². The van der Waals surface area contributed by atoms with Crippen LogP contribution in [0.4, 0.5) is 5.13 Å². The number of benzene rings is 2. The van der Waals surface area contributed by atoms with E-state index in [1.807, 2.05) is 42.5 Å². The molecule has 0 saturated heterocycles. The summed E-state index contributed by atoms with van der Waals surface area (Å²) in [6.07, 6.45) is 7.46. The highest BCUT2D eigenvalue weighted by molar-refractivity contribution is 7.18. The molecule has 0 saturated carbocycles. The highest BCUT2D eigenvalue weighted by atomic mass is 35.5. The largest absolute Gasteiger partial charge is 0.344 e. The fourth-order valence-corrected chi connectivity index (χ4v) is 4.44. The van der Waals surface area contributed by atoms with Gasteiger partial charge in [-0.05, 0) is 24.1 Å². The standard InChI is InChI=1S/C26H31ClN4O2S/c1-2-3-4-5-6-10-13-23(32)28-22(18-19-11-8-7-9-12-19)24(33)29-26-31-30-25(34-26)20-14-16-21(27)17-15-20/h7-9,11-12,14-17,22H,2-6,10,13,18H2,1H3,(H,28,32)(H,29,31,33). The average Bonchev–Trinajstić information content (AvgIpc) is 3.30. The minimum absolute atomic E-state index is 0.106. The van der Waals surface area contributed by atoms with Crippen molar-refractivity contribution in [3.8, 4) is 10.6 Å². The molecule has 2 amide bonds. The molecule has 180 valence electrons. The van der Waals surface area contributed by atoms with E-state index >= 15 is 0 Å². The monoisotopic (exact) mass is 498 g/mol. The van der Waals surface area contributed by atoms with E-state index in [2.05, 4.69) is 27.8 Å². The molecule has 0 spiro atoms. The predicted octanol–water partition coefficient (Wildman–Crippen LogP) is 6.28. The number of unbranched alkanes of at least 4 members (excludes halogenated alkanes) is 5. The summed E-state index contributed by atoms with van der Waals surface area (Å²) >= 11 is 7.23. The van der Waals surface area contributed by atoms with Gasteiger partial charge < -0.3 is 5.32 Å². The first-order valence-electron chi connectivity index (χ1n) is 11.8. The Morgan fingerprint density at radius 1 is 0.941 bits per heavy atom. The zero-order chi connectivity index (χ0) is 24.2. The first-order valence-corrected chi connectivity index (χ1v) is 13.0. The molecule has 0 fully saturated rings. The van der Waals surface area contributed by atoms with Crippen LogP contribution in [-0.2, 0) is 16.0 Å². The van der Waals surface area contributed by atoms with Crippen molar-refractivity contribution in [1.29, 1.82) is 0 Å². The molecule has 0 aliphatic heterocycles. The van der Waals surface area contributed by atoms with Crippen molar-refractivity contribution >= 4 is 39.9 Å². The molecule has 3 aromatic rings. The quantitative estimate of drug-likeness (QED) is 0.272. The molecule has 1 heterocycles. The second-order valence-corrected chi connectivity index (χ2v) is 9.65. The number of hydrogen-bond donors (Lipinski definition) is 2. The number of hydrogen-bond acceptors (Lipinski definition) is 5. The number of nitrogens with zero attached hydrogens (tertiary/aromatic N) is 2. The number of carbonyl (C=O) groups is 2. The molecule has 2 N–H and O–H groups in total. The van der Waals surface area contributed by atoms with Gasteiger partial charge in [-0.2, -0.15) is 0 Å². The van der Waals surface area contributed by atoms with Crippen LogP contribution in [-0.4, -0.2) is 28.1 Å². The molecule has 1 unspecified atom stereocenters. The van der Waals surface area contributed by atoms with Crippen molar-refractivity contribution in [2.24, 2.45) is 0 Å². The molecule has 0 aliphatic carbocycles. The second kappa shape index (κ2) is 13.8. The Balaban J connectivity index is 1.60. The third-order valence-electron chi connectivity index (χ3n) is 5.44. The van der Waals surface area contributed by atoms with Crippen LogP contribution < -0.4 is 10.6 Å². The van der Waals surface area contributed by atoms with Gasteiger partial charge in [-0.25, -0.2) is 0 Å². The number of carbonyl (C=O) groups excluding carboxylic acids is 2. The lowest BCUT2D eigenvalue weighted by Crippen LogP contribution is -2.45. The third kappa shape index (κ3) is 8.54. The minimum atomic E-state index is -0.696. The van der Waals surface area contributed by atoms with E-state index in [0.717, 1.165) is 30.4 Å². The summed E-state index contributed by atoms with van der Waals surface area (Å²) < 4.78 is 0. The van der Waals surface area contributed by atoms with Crippen molar-refractivity contribution in [3.05, 3.63) is 65.2 Å². The zero-order valence-corrected chi connectivity index (χ0v) is 21.0. The lowest BCUT2D eigenvalue weighted by atomic mass is 10.0. The summed E-state index contributed by atoms with van der Waals surface area (Å²) in [6.45, 7) is 2.19. The summed E-state index contributed by atoms with van der Waals surface area (Å²) in [5.74, 6) is -0.412. The van der Waals surface area contributed by atoms with E-state index in [4.69, 9.17) is 11.6 Å². The Kier molecular flexibility index (Phi) is 10.5. The van der Waals surface area contributed by atoms with Crippen LogP contribution in [0.2, 0.25) is 5.02 Å². The molecular formula is C26H31ClN4O2S. The normalized spacial score (nSPS) is 11.7. The second-order valence-electron chi connectivity index (χ2n) is 8.24. The molecule has 3 rings (SSSR count). The lowest BCUT2D eigenvalue weighted by Gasteiger charge is -2.18. The Labute approximate surface area is 210 Å². The van der Waals surface area contributed by atoms with Gasteiger partial charge in [0.2, 0.25) is 16.9 Å². The van der Waals surface area contributed by atoms with Crippen LogP contribution >= 0.6 is 22.9 Å². The summed E-state index contributed by atoms with van der Waals surface area (Å²) in [6, 6.07) is 16.2. The number of nitrogens with one attached hydrogen (secondary N) is 2. The Hall–Kier alpha value is -2.77. The summed E-state index contributed by atoms with van der Waals surface area (Å²) in [5.41, 5.74) is 1.84. The maximum atomic E-state index is 13.1. The first kappa shape index (κ1) is 25.8. The zero-order valence-electron chi connectivity index (χ0n) is 19.4. The summed E-state index contributed by atoms with van der Waals surface area (Å²) in [7, 11) is 0. The number of amides is 2. The van der Waals surface area contributed by atoms with Crippen molar-refractivity contribution in [2.75, 3.05) is 5.32 Å². The summed E-state index contributed by atoms with van der Waals surface area (Å²) in [5, 5.41) is 15.7. The molecular weight excluding hydrogens is 468 g/mol. The number of rotatable bonds is 13. The molecule has 0 radical (unpaired) electrons. The molecule has 8 heteroatoms. The van der Waals surface area contributed by atoms with Crippen LogP contribution in [0, 0.1) is 0 Å². The Morgan fingerprint density at radius 2 is 1.65 bits per heavy atom. The fraction of sp³-hybridized carbons (Fsp3) is 0.385. The Bertz CT molecular complexity index is 1040. The van der Waals surface area contributed by atoms with E-state index in [9.17, 15) is 9.59 Å². The molecule has 0 bridgehead atoms. The van der Waals surface area contributed by atoms with Gasteiger partial charge in [0.05, 0.1) is 0 Å². The van der Waals surface area contributed by atoms with Crippen LogP contribution in [0.5, 0.6) is 0 Å². The van der Waals surface area contributed by atoms with E-state index in [1.165, 1.54) is 30.6 Å². The number of halogens is 1. The van der Waals surface area contributed by atoms with Crippen LogP contribution in [0.1, 0.15) is 57.4 Å². The van der Waals surface area contributed by atoms with Crippen LogP contribution in [0.15, 0.2) is 54.6 Å². The van der Waals surface area contributed by atoms with Crippen molar-refractivity contribution < 1.29 is 9.59 Å². The molecule has 2 aromatic carbocycles. The SMILES string of the molecule is CCCCCCCCC(=O)NC(Cc1ccccc1)C(=O)Nc1nnc(-c2ccc(Cl)cc2)s1. The topological polar surface area (TPSA) is 84.0 Å². The number of aromatic nitrogens is 2. The molecule has 0 aliphatic rings. The molecule has 34 heavy (non-hydrogen) atoms. The first-order chi connectivity index (χ1) is 16.5. The van der Waals surface area contributed by atoms with Crippen molar-refractivity contribution in [2.45, 2.75) is 64.3 Å². The van der Waals surface area contributed by atoms with Gasteiger partial charge in [0.1, 0.15) is 11.0 Å². The summed E-state index contributed by atoms with van der Waals surface area (Å²) in [4.78, 5) is 25.7. The maximum absolute atomic E-state index is 13.1. The molecule has 1 atom stereocenters. The van der Waals surface area contributed by atoms with E-state index in [1.54, 1.807) is 12.1 Å². The van der Waals surface area contributed by atoms with Gasteiger partial charge in [0.15, 0.2) is 0 Å². The van der Waals surface area contributed by atoms with Gasteiger partial charge in [-0.3, -0.25) is 14.9 Å².